The average molecular weight is 244 g/mol. The number of hydrogen-bond donors (Lipinski definition) is 1. The smallest absolute Gasteiger partial charge is 0.195 e. The Morgan fingerprint density at radius 2 is 2.06 bits per heavy atom. The fourth-order valence-corrected chi connectivity index (χ4v) is 2.07. The van der Waals surface area contributed by atoms with Gasteiger partial charge in [-0.3, -0.25) is 4.79 Å². The molecule has 0 fully saturated rings. The molecular formula is C15H16O3. The summed E-state index contributed by atoms with van der Waals surface area (Å²) in [6.07, 6.45) is 2.15. The first-order valence-electron chi connectivity index (χ1n) is 5.83. The molecule has 0 saturated carbocycles. The van der Waals surface area contributed by atoms with Crippen LogP contribution in [-0.2, 0) is 6.42 Å². The quantitative estimate of drug-likeness (QED) is 0.825. The predicted octanol–water partition coefficient (Wildman–Crippen LogP) is 3.15. The molecule has 3 heteroatoms. The molecule has 0 aliphatic heterocycles. The van der Waals surface area contributed by atoms with Gasteiger partial charge in [0.25, 0.3) is 0 Å². The van der Waals surface area contributed by atoms with Gasteiger partial charge in [0.05, 0.1) is 5.39 Å². The summed E-state index contributed by atoms with van der Waals surface area (Å²) < 4.78 is 5.68. The van der Waals surface area contributed by atoms with Crippen molar-refractivity contribution in [3.8, 4) is 5.75 Å². The largest absolute Gasteiger partial charge is 0.507 e. The van der Waals surface area contributed by atoms with Crippen LogP contribution in [0.5, 0.6) is 5.75 Å². The van der Waals surface area contributed by atoms with Gasteiger partial charge in [-0.1, -0.05) is 6.08 Å². The van der Waals surface area contributed by atoms with Gasteiger partial charge in [-0.15, -0.1) is 6.58 Å². The van der Waals surface area contributed by atoms with Gasteiger partial charge in [-0.2, -0.15) is 0 Å². The Labute approximate surface area is 105 Å². The van der Waals surface area contributed by atoms with E-state index in [1.54, 1.807) is 32.9 Å². The Balaban J connectivity index is 3.01. The van der Waals surface area contributed by atoms with Crippen LogP contribution in [0.25, 0.3) is 11.0 Å². The molecule has 1 N–H and O–H groups in total. The fraction of sp³-hybridized carbons (Fsp3) is 0.267. The third-order valence-electron chi connectivity index (χ3n) is 3.26. The van der Waals surface area contributed by atoms with Crippen molar-refractivity contribution in [1.29, 1.82) is 0 Å². The van der Waals surface area contributed by atoms with Gasteiger partial charge in [-0.25, -0.2) is 0 Å². The third-order valence-corrected chi connectivity index (χ3v) is 3.26. The number of rotatable bonds is 2. The lowest BCUT2D eigenvalue weighted by molar-refractivity contribution is 0.462. The van der Waals surface area contributed by atoms with E-state index in [1.807, 2.05) is 0 Å². The number of aromatic hydroxyl groups is 1. The number of aryl methyl sites for hydroxylation is 2. The maximum Gasteiger partial charge on any atom is 0.195 e. The summed E-state index contributed by atoms with van der Waals surface area (Å²) in [5, 5.41) is 10.6. The Morgan fingerprint density at radius 1 is 1.39 bits per heavy atom. The highest BCUT2D eigenvalue weighted by Gasteiger charge is 2.15. The van der Waals surface area contributed by atoms with Gasteiger partial charge in [-0.05, 0) is 38.8 Å². The van der Waals surface area contributed by atoms with Crippen molar-refractivity contribution in [2.75, 3.05) is 0 Å². The predicted molar refractivity (Wildman–Crippen MR) is 72.3 cm³/mol. The van der Waals surface area contributed by atoms with E-state index in [9.17, 15) is 9.90 Å². The van der Waals surface area contributed by atoms with E-state index in [-0.39, 0.29) is 11.2 Å². The van der Waals surface area contributed by atoms with E-state index in [2.05, 4.69) is 6.58 Å². The van der Waals surface area contributed by atoms with E-state index in [4.69, 9.17) is 4.42 Å². The van der Waals surface area contributed by atoms with Crippen molar-refractivity contribution >= 4 is 11.0 Å². The minimum Gasteiger partial charge on any atom is -0.507 e. The molecule has 0 unspecified atom stereocenters. The van der Waals surface area contributed by atoms with Crippen LogP contribution >= 0.6 is 0 Å². The van der Waals surface area contributed by atoms with Crippen LogP contribution in [0.3, 0.4) is 0 Å². The van der Waals surface area contributed by atoms with E-state index in [0.29, 0.717) is 39.8 Å². The maximum absolute atomic E-state index is 12.2. The molecule has 0 amide bonds. The summed E-state index contributed by atoms with van der Waals surface area (Å²) in [5.41, 5.74) is 2.33. The van der Waals surface area contributed by atoms with Crippen molar-refractivity contribution in [3.63, 3.8) is 0 Å². The van der Waals surface area contributed by atoms with Gasteiger partial charge in [0.15, 0.2) is 5.43 Å². The molecule has 0 saturated heterocycles. The molecule has 0 bridgehead atoms. The first-order chi connectivity index (χ1) is 8.47. The normalized spacial score (nSPS) is 10.8. The van der Waals surface area contributed by atoms with Crippen molar-refractivity contribution in [2.45, 2.75) is 27.2 Å². The van der Waals surface area contributed by atoms with E-state index >= 15 is 0 Å². The van der Waals surface area contributed by atoms with Crippen molar-refractivity contribution in [1.82, 2.24) is 0 Å². The maximum atomic E-state index is 12.2. The number of phenols is 1. The Kier molecular flexibility index (Phi) is 2.99. The SMILES string of the molecule is C=CCc1c(O)c(C)cc2c(=O)c(C)c(C)oc12. The molecule has 18 heavy (non-hydrogen) atoms. The molecule has 0 aliphatic carbocycles. The summed E-state index contributed by atoms with van der Waals surface area (Å²) >= 11 is 0. The van der Waals surface area contributed by atoms with Crippen molar-refractivity contribution < 1.29 is 9.52 Å². The first-order valence-corrected chi connectivity index (χ1v) is 5.83. The molecule has 0 aliphatic rings. The highest BCUT2D eigenvalue weighted by Crippen LogP contribution is 2.31. The Morgan fingerprint density at radius 3 is 2.67 bits per heavy atom. The van der Waals surface area contributed by atoms with Crippen LogP contribution in [0.1, 0.15) is 22.5 Å². The Bertz CT molecular complexity index is 693. The van der Waals surface area contributed by atoms with Gasteiger partial charge < -0.3 is 9.52 Å². The van der Waals surface area contributed by atoms with Crippen LogP contribution in [-0.4, -0.2) is 5.11 Å². The lowest BCUT2D eigenvalue weighted by Gasteiger charge is -2.10. The van der Waals surface area contributed by atoms with E-state index < -0.39 is 0 Å². The number of phenolic OH excluding ortho intramolecular Hbond substituents is 1. The lowest BCUT2D eigenvalue weighted by Crippen LogP contribution is -2.08. The van der Waals surface area contributed by atoms with Gasteiger partial charge >= 0.3 is 0 Å². The van der Waals surface area contributed by atoms with Gasteiger partial charge in [0.1, 0.15) is 17.1 Å². The second-order valence-electron chi connectivity index (χ2n) is 4.50. The van der Waals surface area contributed by atoms with Crippen LogP contribution in [0.2, 0.25) is 0 Å². The highest BCUT2D eigenvalue weighted by atomic mass is 16.3. The summed E-state index contributed by atoms with van der Waals surface area (Å²) in [6.45, 7) is 8.94. The van der Waals surface area contributed by atoms with Crippen LogP contribution in [0, 0.1) is 20.8 Å². The van der Waals surface area contributed by atoms with Crippen LogP contribution in [0.15, 0.2) is 27.9 Å². The van der Waals surface area contributed by atoms with Crippen LogP contribution in [0.4, 0.5) is 0 Å². The minimum absolute atomic E-state index is 0.0397. The van der Waals surface area contributed by atoms with E-state index in [0.717, 1.165) is 0 Å². The molecule has 0 radical (unpaired) electrons. The fourth-order valence-electron chi connectivity index (χ4n) is 2.07. The molecule has 1 heterocycles. The number of fused-ring (bicyclic) bond motifs is 1. The minimum atomic E-state index is -0.0397. The zero-order chi connectivity index (χ0) is 13.4. The van der Waals surface area contributed by atoms with Crippen molar-refractivity contribution in [3.05, 3.63) is 51.4 Å². The molecule has 3 nitrogen and oxygen atoms in total. The molecule has 2 aromatic rings. The zero-order valence-corrected chi connectivity index (χ0v) is 10.8. The second-order valence-corrected chi connectivity index (χ2v) is 4.50. The topological polar surface area (TPSA) is 50.4 Å². The molecule has 2 rings (SSSR count). The standard InChI is InChI=1S/C15H16O3/c1-5-6-11-13(16)8(2)7-12-14(17)9(3)10(4)18-15(11)12/h5,7,16H,1,6H2,2-4H3. The molecule has 1 aromatic heterocycles. The third kappa shape index (κ3) is 1.72. The second kappa shape index (κ2) is 4.33. The molecule has 0 spiro atoms. The molecule has 1 aromatic carbocycles. The monoisotopic (exact) mass is 244 g/mol. The summed E-state index contributed by atoms with van der Waals surface area (Å²) in [7, 11) is 0. The van der Waals surface area contributed by atoms with Gasteiger partial charge in [0, 0.05) is 11.1 Å². The summed E-state index contributed by atoms with van der Waals surface area (Å²) in [6, 6.07) is 1.68. The van der Waals surface area contributed by atoms with E-state index in [1.165, 1.54) is 0 Å². The van der Waals surface area contributed by atoms with Crippen molar-refractivity contribution in [2.24, 2.45) is 0 Å². The number of hydrogen-bond acceptors (Lipinski definition) is 3. The molecular weight excluding hydrogens is 228 g/mol. The van der Waals surface area contributed by atoms with Gasteiger partial charge in [0.2, 0.25) is 0 Å². The molecule has 0 atom stereocenters. The Hall–Kier alpha value is -2.03. The molecule has 94 valence electrons. The zero-order valence-electron chi connectivity index (χ0n) is 10.8. The lowest BCUT2D eigenvalue weighted by atomic mass is 10.0. The number of allylic oxidation sites excluding steroid dienone is 1. The summed E-state index contributed by atoms with van der Waals surface area (Å²) in [4.78, 5) is 12.2. The number of benzene rings is 1. The summed E-state index contributed by atoms with van der Waals surface area (Å²) in [5.74, 6) is 0.759. The average Bonchev–Trinajstić information content (AvgIpc) is 2.34. The van der Waals surface area contributed by atoms with Crippen LogP contribution < -0.4 is 5.43 Å². The highest BCUT2D eigenvalue weighted by molar-refractivity contribution is 5.84. The first kappa shape index (κ1) is 12.4.